The van der Waals surface area contributed by atoms with Crippen molar-refractivity contribution in [3.05, 3.63) is 29.5 Å². The summed E-state index contributed by atoms with van der Waals surface area (Å²) in [6, 6.07) is 1.51. The highest BCUT2D eigenvalue weighted by molar-refractivity contribution is 5.95. The van der Waals surface area contributed by atoms with Crippen LogP contribution in [-0.4, -0.2) is 34.7 Å². The van der Waals surface area contributed by atoms with Crippen molar-refractivity contribution in [3.63, 3.8) is 0 Å². The first-order chi connectivity index (χ1) is 9.60. The fourth-order valence-corrected chi connectivity index (χ4v) is 1.62. The lowest BCUT2D eigenvalue weighted by atomic mass is 10.2. The van der Waals surface area contributed by atoms with Gasteiger partial charge < -0.3 is 20.3 Å². The molecule has 106 valence electrons. The van der Waals surface area contributed by atoms with Crippen LogP contribution in [0.3, 0.4) is 0 Å². The molecule has 0 bridgehead atoms. The van der Waals surface area contributed by atoms with Gasteiger partial charge in [0, 0.05) is 19.9 Å². The molecule has 2 heterocycles. The predicted octanol–water partition coefficient (Wildman–Crippen LogP) is 0.796. The van der Waals surface area contributed by atoms with Gasteiger partial charge in [0.05, 0.1) is 19.0 Å². The SMILES string of the molecule is COC(=O)c1cc(N)cnc1NCCc1noc(C)n1. The standard InChI is InChI=1S/C12H15N5O3/c1-7-16-10(17-20-7)3-4-14-11-9(12(18)19-2)5-8(13)6-15-11/h5-6H,3-4,13H2,1-2H3,(H,14,15). The Hall–Kier alpha value is -2.64. The maximum Gasteiger partial charge on any atom is 0.341 e. The third kappa shape index (κ3) is 3.22. The lowest BCUT2D eigenvalue weighted by molar-refractivity contribution is 0.0601. The molecule has 20 heavy (non-hydrogen) atoms. The van der Waals surface area contributed by atoms with E-state index in [1.807, 2.05) is 0 Å². The van der Waals surface area contributed by atoms with Crippen LogP contribution in [0, 0.1) is 6.92 Å². The number of hydrogen-bond acceptors (Lipinski definition) is 8. The van der Waals surface area contributed by atoms with Crippen LogP contribution in [0.5, 0.6) is 0 Å². The summed E-state index contributed by atoms with van der Waals surface area (Å²) in [6.07, 6.45) is 2.01. The zero-order chi connectivity index (χ0) is 14.5. The van der Waals surface area contributed by atoms with Crippen molar-refractivity contribution >= 4 is 17.5 Å². The van der Waals surface area contributed by atoms with Crippen molar-refractivity contribution < 1.29 is 14.1 Å². The molecule has 2 aromatic heterocycles. The Bertz CT molecular complexity index is 611. The van der Waals surface area contributed by atoms with Crippen molar-refractivity contribution in [3.8, 4) is 0 Å². The number of hydrogen-bond donors (Lipinski definition) is 2. The van der Waals surface area contributed by atoms with Crippen molar-refractivity contribution in [2.24, 2.45) is 0 Å². The number of methoxy groups -OCH3 is 1. The number of anilines is 2. The first kappa shape index (κ1) is 13.8. The largest absolute Gasteiger partial charge is 0.465 e. The number of nitrogens with two attached hydrogens (primary N) is 1. The van der Waals surface area contributed by atoms with Gasteiger partial charge in [-0.15, -0.1) is 0 Å². The topological polar surface area (TPSA) is 116 Å². The first-order valence-electron chi connectivity index (χ1n) is 5.97. The molecule has 0 aliphatic heterocycles. The summed E-state index contributed by atoms with van der Waals surface area (Å²) < 4.78 is 9.55. The molecule has 8 nitrogen and oxygen atoms in total. The summed E-state index contributed by atoms with van der Waals surface area (Å²) in [5, 5.41) is 6.80. The summed E-state index contributed by atoms with van der Waals surface area (Å²) in [5.74, 6) is 1.01. The fourth-order valence-electron chi connectivity index (χ4n) is 1.62. The van der Waals surface area contributed by atoms with Crippen LogP contribution in [0.25, 0.3) is 0 Å². The van der Waals surface area contributed by atoms with Gasteiger partial charge in [-0.3, -0.25) is 0 Å². The van der Waals surface area contributed by atoms with Crippen LogP contribution in [0.15, 0.2) is 16.8 Å². The highest BCUT2D eigenvalue weighted by Gasteiger charge is 2.13. The number of nitrogens with zero attached hydrogens (tertiary/aromatic N) is 3. The molecular weight excluding hydrogens is 262 g/mol. The third-order valence-electron chi connectivity index (χ3n) is 2.52. The van der Waals surface area contributed by atoms with Crippen LogP contribution in [0.1, 0.15) is 22.1 Å². The Morgan fingerprint density at radius 3 is 3.00 bits per heavy atom. The average molecular weight is 277 g/mol. The number of nitrogen functional groups attached to an aromatic ring is 1. The van der Waals surface area contributed by atoms with Crippen LogP contribution >= 0.6 is 0 Å². The monoisotopic (exact) mass is 277 g/mol. The van der Waals surface area contributed by atoms with E-state index in [9.17, 15) is 4.79 Å². The Morgan fingerprint density at radius 1 is 1.55 bits per heavy atom. The number of aryl methyl sites for hydroxylation is 1. The lowest BCUT2D eigenvalue weighted by Crippen LogP contribution is -2.13. The highest BCUT2D eigenvalue weighted by atomic mass is 16.5. The van der Waals surface area contributed by atoms with Crippen LogP contribution in [0.2, 0.25) is 0 Å². The van der Waals surface area contributed by atoms with Crippen LogP contribution < -0.4 is 11.1 Å². The summed E-state index contributed by atoms with van der Waals surface area (Å²) in [4.78, 5) is 19.8. The van der Waals surface area contributed by atoms with Crippen molar-refractivity contribution in [2.75, 3.05) is 24.7 Å². The normalized spacial score (nSPS) is 10.3. The maximum atomic E-state index is 11.6. The fraction of sp³-hybridized carbons (Fsp3) is 0.333. The Morgan fingerprint density at radius 2 is 2.35 bits per heavy atom. The summed E-state index contributed by atoms with van der Waals surface area (Å²) >= 11 is 0. The third-order valence-corrected chi connectivity index (χ3v) is 2.52. The summed E-state index contributed by atoms with van der Waals surface area (Å²) in [7, 11) is 1.30. The second-order valence-electron chi connectivity index (χ2n) is 4.06. The lowest BCUT2D eigenvalue weighted by Gasteiger charge is -2.09. The van der Waals surface area contributed by atoms with E-state index in [2.05, 4.69) is 25.2 Å². The van der Waals surface area contributed by atoms with E-state index in [1.165, 1.54) is 19.4 Å². The Kier molecular flexibility index (Phi) is 4.14. The van der Waals surface area contributed by atoms with Crippen LogP contribution in [0.4, 0.5) is 11.5 Å². The van der Waals surface area contributed by atoms with E-state index < -0.39 is 5.97 Å². The van der Waals surface area contributed by atoms with E-state index in [1.54, 1.807) is 6.92 Å². The second kappa shape index (κ2) is 6.00. The zero-order valence-electron chi connectivity index (χ0n) is 11.2. The second-order valence-corrected chi connectivity index (χ2v) is 4.06. The predicted molar refractivity (Wildman–Crippen MR) is 71.2 cm³/mol. The molecule has 0 saturated carbocycles. The number of esters is 1. The van der Waals surface area contributed by atoms with Crippen molar-refractivity contribution in [1.82, 2.24) is 15.1 Å². The minimum atomic E-state index is -0.497. The molecule has 0 aliphatic rings. The van der Waals surface area contributed by atoms with Crippen molar-refractivity contribution in [1.29, 1.82) is 0 Å². The minimum absolute atomic E-state index is 0.289. The number of carbonyl (C=O) groups is 1. The molecule has 0 spiro atoms. The van der Waals surface area contributed by atoms with Gasteiger partial charge in [0.15, 0.2) is 5.82 Å². The molecule has 0 fully saturated rings. The van der Waals surface area contributed by atoms with E-state index in [4.69, 9.17) is 10.3 Å². The van der Waals surface area contributed by atoms with Crippen LogP contribution in [-0.2, 0) is 11.2 Å². The average Bonchev–Trinajstić information content (AvgIpc) is 2.85. The van der Waals surface area contributed by atoms with Gasteiger partial charge in [-0.1, -0.05) is 5.16 Å². The van der Waals surface area contributed by atoms with E-state index in [0.29, 0.717) is 36.2 Å². The summed E-state index contributed by atoms with van der Waals surface area (Å²) in [6.45, 7) is 2.22. The van der Waals surface area contributed by atoms with Gasteiger partial charge in [-0.25, -0.2) is 9.78 Å². The number of nitrogens with one attached hydrogen (secondary N) is 1. The molecule has 3 N–H and O–H groups in total. The molecule has 8 heteroatoms. The molecular formula is C12H15N5O3. The van der Waals surface area contributed by atoms with E-state index in [0.717, 1.165) is 0 Å². The van der Waals surface area contributed by atoms with Crippen molar-refractivity contribution in [2.45, 2.75) is 13.3 Å². The molecule has 0 saturated heterocycles. The molecule has 0 aromatic carbocycles. The number of rotatable bonds is 5. The molecule has 0 unspecified atom stereocenters. The highest BCUT2D eigenvalue weighted by Crippen LogP contribution is 2.16. The van der Waals surface area contributed by atoms with Gasteiger partial charge >= 0.3 is 5.97 Å². The number of aromatic nitrogens is 3. The van der Waals surface area contributed by atoms with E-state index in [-0.39, 0.29) is 5.56 Å². The van der Waals surface area contributed by atoms with Gasteiger partial charge in [-0.05, 0) is 6.07 Å². The quantitative estimate of drug-likeness (QED) is 0.771. The minimum Gasteiger partial charge on any atom is -0.465 e. The van der Waals surface area contributed by atoms with Gasteiger partial charge in [0.2, 0.25) is 5.89 Å². The number of pyridine rings is 1. The maximum absolute atomic E-state index is 11.6. The zero-order valence-corrected chi connectivity index (χ0v) is 11.2. The van der Waals surface area contributed by atoms with E-state index >= 15 is 0 Å². The number of carbonyl (C=O) groups excluding carboxylic acids is 1. The Labute approximate surface area is 115 Å². The molecule has 0 radical (unpaired) electrons. The molecule has 2 aromatic rings. The smallest absolute Gasteiger partial charge is 0.341 e. The van der Waals surface area contributed by atoms with Gasteiger partial charge in [-0.2, -0.15) is 4.98 Å². The molecule has 0 amide bonds. The molecule has 0 atom stereocenters. The molecule has 2 rings (SSSR count). The number of ether oxygens (including phenoxy) is 1. The first-order valence-corrected chi connectivity index (χ1v) is 5.97. The van der Waals surface area contributed by atoms with Gasteiger partial charge in [0.25, 0.3) is 0 Å². The summed E-state index contributed by atoms with van der Waals surface area (Å²) in [5.41, 5.74) is 6.29. The van der Waals surface area contributed by atoms with Gasteiger partial charge in [0.1, 0.15) is 11.4 Å². The Balaban J connectivity index is 2.03. The molecule has 0 aliphatic carbocycles.